The van der Waals surface area contributed by atoms with Gasteiger partial charge in [0.25, 0.3) is 0 Å². The highest BCUT2D eigenvalue weighted by Gasteiger charge is 2.28. The number of nitrogens with zero attached hydrogens (tertiary/aromatic N) is 1. The van der Waals surface area contributed by atoms with Crippen LogP contribution in [-0.2, 0) is 0 Å². The molecule has 1 aliphatic carbocycles. The van der Waals surface area contributed by atoms with Crippen LogP contribution in [0.2, 0.25) is 4.34 Å². The van der Waals surface area contributed by atoms with Crippen LogP contribution in [0.5, 0.6) is 0 Å². The molecule has 2 nitrogen and oxygen atoms in total. The van der Waals surface area contributed by atoms with Crippen molar-refractivity contribution < 1.29 is 0 Å². The molecule has 0 spiro atoms. The van der Waals surface area contributed by atoms with Crippen molar-refractivity contribution in [3.63, 3.8) is 0 Å². The Balaban J connectivity index is 2.14. The van der Waals surface area contributed by atoms with E-state index in [1.807, 2.05) is 6.07 Å². The lowest BCUT2D eigenvalue weighted by Crippen LogP contribution is -2.39. The summed E-state index contributed by atoms with van der Waals surface area (Å²) < 4.78 is 0.862. The molecule has 2 rings (SSSR count). The van der Waals surface area contributed by atoms with E-state index in [0.717, 1.165) is 16.9 Å². The maximum Gasteiger partial charge on any atom is 0.0931 e. The van der Waals surface area contributed by atoms with Crippen molar-refractivity contribution in [3.8, 4) is 0 Å². The molecule has 1 atom stereocenters. The van der Waals surface area contributed by atoms with Crippen LogP contribution < -0.4 is 5.73 Å². The standard InChI is InChI=1S/C13H21ClN2S/c1-2-16(10-5-3-4-6-10)11(9-15)12-7-8-13(14)17-12/h7-8,10-11H,2-6,9,15H2,1H3. The zero-order chi connectivity index (χ0) is 12.3. The fraction of sp³-hybridized carbons (Fsp3) is 0.692. The number of nitrogens with two attached hydrogens (primary N) is 1. The van der Waals surface area contributed by atoms with Gasteiger partial charge in [0.05, 0.1) is 10.4 Å². The summed E-state index contributed by atoms with van der Waals surface area (Å²) in [7, 11) is 0. The van der Waals surface area contributed by atoms with E-state index < -0.39 is 0 Å². The first-order valence-corrected chi connectivity index (χ1v) is 7.66. The number of rotatable bonds is 5. The summed E-state index contributed by atoms with van der Waals surface area (Å²) in [5, 5.41) is 0. The van der Waals surface area contributed by atoms with Crippen LogP contribution in [0.4, 0.5) is 0 Å². The highest BCUT2D eigenvalue weighted by molar-refractivity contribution is 7.16. The Bertz CT molecular complexity index is 347. The largest absolute Gasteiger partial charge is 0.329 e. The van der Waals surface area contributed by atoms with Gasteiger partial charge in [0, 0.05) is 17.5 Å². The van der Waals surface area contributed by atoms with Gasteiger partial charge in [-0.2, -0.15) is 0 Å². The summed E-state index contributed by atoms with van der Waals surface area (Å²) in [4.78, 5) is 3.88. The van der Waals surface area contributed by atoms with Crippen molar-refractivity contribution in [2.45, 2.75) is 44.7 Å². The number of halogens is 1. The molecule has 1 saturated carbocycles. The molecule has 1 fully saturated rings. The van der Waals surface area contributed by atoms with Gasteiger partial charge >= 0.3 is 0 Å². The van der Waals surface area contributed by atoms with E-state index in [0.29, 0.717) is 12.6 Å². The molecule has 0 aliphatic heterocycles. The van der Waals surface area contributed by atoms with Crippen LogP contribution in [-0.4, -0.2) is 24.0 Å². The smallest absolute Gasteiger partial charge is 0.0931 e. The Kier molecular flexibility index (Phi) is 4.86. The molecule has 0 aromatic carbocycles. The molecule has 4 heteroatoms. The highest BCUT2D eigenvalue weighted by atomic mass is 35.5. The third-order valence-electron chi connectivity index (χ3n) is 3.70. The molecule has 0 radical (unpaired) electrons. The predicted molar refractivity (Wildman–Crippen MR) is 75.8 cm³/mol. The van der Waals surface area contributed by atoms with E-state index in [-0.39, 0.29) is 0 Å². The Morgan fingerprint density at radius 2 is 2.18 bits per heavy atom. The lowest BCUT2D eigenvalue weighted by atomic mass is 10.1. The Labute approximate surface area is 113 Å². The van der Waals surface area contributed by atoms with Crippen LogP contribution >= 0.6 is 22.9 Å². The van der Waals surface area contributed by atoms with Crippen LogP contribution in [0.15, 0.2) is 12.1 Å². The second kappa shape index (κ2) is 6.19. The van der Waals surface area contributed by atoms with Crippen LogP contribution in [0.25, 0.3) is 0 Å². The molecule has 0 bridgehead atoms. The summed E-state index contributed by atoms with van der Waals surface area (Å²) in [6, 6.07) is 5.17. The second-order valence-corrected chi connectivity index (χ2v) is 6.41. The van der Waals surface area contributed by atoms with E-state index in [1.54, 1.807) is 11.3 Å². The first-order valence-electron chi connectivity index (χ1n) is 6.47. The minimum Gasteiger partial charge on any atom is -0.329 e. The molecule has 2 N–H and O–H groups in total. The van der Waals surface area contributed by atoms with Crippen LogP contribution in [0.1, 0.15) is 43.5 Å². The molecule has 0 amide bonds. The van der Waals surface area contributed by atoms with E-state index in [1.165, 1.54) is 30.6 Å². The van der Waals surface area contributed by atoms with E-state index in [9.17, 15) is 0 Å². The van der Waals surface area contributed by atoms with Gasteiger partial charge in [0.1, 0.15) is 0 Å². The van der Waals surface area contributed by atoms with Crippen molar-refractivity contribution in [1.29, 1.82) is 0 Å². The van der Waals surface area contributed by atoms with Crippen molar-refractivity contribution >= 4 is 22.9 Å². The van der Waals surface area contributed by atoms with Crippen molar-refractivity contribution in [2.24, 2.45) is 5.73 Å². The van der Waals surface area contributed by atoms with E-state index in [2.05, 4.69) is 17.9 Å². The molecular formula is C13H21ClN2S. The van der Waals surface area contributed by atoms with Crippen LogP contribution in [0.3, 0.4) is 0 Å². The van der Waals surface area contributed by atoms with Gasteiger partial charge in [-0.05, 0) is 31.5 Å². The lowest BCUT2D eigenvalue weighted by Gasteiger charge is -2.34. The highest BCUT2D eigenvalue weighted by Crippen LogP contribution is 2.34. The Morgan fingerprint density at radius 3 is 2.65 bits per heavy atom. The summed E-state index contributed by atoms with van der Waals surface area (Å²) in [6.07, 6.45) is 5.38. The zero-order valence-corrected chi connectivity index (χ0v) is 11.9. The van der Waals surface area contributed by atoms with Gasteiger partial charge in [0.2, 0.25) is 0 Å². The quantitative estimate of drug-likeness (QED) is 0.886. The first-order chi connectivity index (χ1) is 8.26. The Hall–Kier alpha value is -0.0900. The molecular weight excluding hydrogens is 252 g/mol. The van der Waals surface area contributed by atoms with Gasteiger partial charge in [0.15, 0.2) is 0 Å². The molecule has 1 aliphatic rings. The van der Waals surface area contributed by atoms with Gasteiger partial charge in [-0.25, -0.2) is 0 Å². The third kappa shape index (κ3) is 3.02. The fourth-order valence-electron chi connectivity index (χ4n) is 2.89. The Morgan fingerprint density at radius 1 is 1.47 bits per heavy atom. The van der Waals surface area contributed by atoms with Crippen molar-refractivity contribution in [3.05, 3.63) is 21.3 Å². The second-order valence-electron chi connectivity index (χ2n) is 4.66. The maximum absolute atomic E-state index is 6.03. The molecule has 1 heterocycles. The SMILES string of the molecule is CCN(C1CCCC1)C(CN)c1ccc(Cl)s1. The summed E-state index contributed by atoms with van der Waals surface area (Å²) >= 11 is 7.69. The topological polar surface area (TPSA) is 29.3 Å². The average molecular weight is 273 g/mol. The zero-order valence-electron chi connectivity index (χ0n) is 10.4. The first kappa shape index (κ1) is 13.3. The maximum atomic E-state index is 6.03. The van der Waals surface area contributed by atoms with E-state index in [4.69, 9.17) is 17.3 Å². The van der Waals surface area contributed by atoms with Crippen molar-refractivity contribution in [1.82, 2.24) is 4.90 Å². The summed E-state index contributed by atoms with van der Waals surface area (Å²) in [5.74, 6) is 0. The number of likely N-dealkylation sites (N-methyl/N-ethyl adjacent to an activating group) is 1. The third-order valence-corrected chi connectivity index (χ3v) is 5.04. The fourth-order valence-corrected chi connectivity index (χ4v) is 4.09. The van der Waals surface area contributed by atoms with Gasteiger partial charge in [-0.15, -0.1) is 11.3 Å². The van der Waals surface area contributed by atoms with Crippen LogP contribution in [0, 0.1) is 0 Å². The van der Waals surface area contributed by atoms with E-state index >= 15 is 0 Å². The molecule has 1 aromatic rings. The average Bonchev–Trinajstić information content (AvgIpc) is 2.96. The number of thiophene rings is 1. The number of hydrogen-bond donors (Lipinski definition) is 1. The lowest BCUT2D eigenvalue weighted by molar-refractivity contribution is 0.149. The summed E-state index contributed by atoms with van der Waals surface area (Å²) in [5.41, 5.74) is 5.98. The minimum atomic E-state index is 0.348. The van der Waals surface area contributed by atoms with Gasteiger partial charge in [-0.1, -0.05) is 31.4 Å². The normalized spacial score (nSPS) is 19.1. The molecule has 17 heavy (non-hydrogen) atoms. The van der Waals surface area contributed by atoms with Crippen molar-refractivity contribution in [2.75, 3.05) is 13.1 Å². The monoisotopic (exact) mass is 272 g/mol. The molecule has 0 saturated heterocycles. The molecule has 96 valence electrons. The summed E-state index contributed by atoms with van der Waals surface area (Å²) in [6.45, 7) is 3.99. The molecule has 1 unspecified atom stereocenters. The van der Waals surface area contributed by atoms with Gasteiger partial charge < -0.3 is 5.73 Å². The predicted octanol–water partition coefficient (Wildman–Crippen LogP) is 3.67. The molecule has 1 aromatic heterocycles. The van der Waals surface area contributed by atoms with Gasteiger partial charge in [-0.3, -0.25) is 4.90 Å². The minimum absolute atomic E-state index is 0.348. The number of hydrogen-bond acceptors (Lipinski definition) is 3.